The van der Waals surface area contributed by atoms with Crippen molar-refractivity contribution in [3.63, 3.8) is 0 Å². The van der Waals surface area contributed by atoms with Gasteiger partial charge in [-0.05, 0) is 6.92 Å². The number of aromatic nitrogens is 1. The molecule has 1 aromatic rings. The lowest BCUT2D eigenvalue weighted by atomic mass is 10.2. The summed E-state index contributed by atoms with van der Waals surface area (Å²) in [4.78, 5) is 9.83. The monoisotopic (exact) mass is 124 g/mol. The van der Waals surface area contributed by atoms with E-state index in [4.69, 9.17) is 0 Å². The van der Waals surface area contributed by atoms with Crippen LogP contribution in [0.1, 0.15) is 11.3 Å². The van der Waals surface area contributed by atoms with E-state index in [1.165, 1.54) is 6.20 Å². The van der Waals surface area contributed by atoms with E-state index >= 15 is 0 Å². The molecule has 0 saturated carbocycles. The van der Waals surface area contributed by atoms with E-state index in [-0.39, 0.29) is 6.42 Å². The Morgan fingerprint density at radius 2 is 2.67 bits per heavy atom. The SMILES string of the molecule is Cc1oncc1C[C]=O. The maximum Gasteiger partial charge on any atom is 0.203 e. The van der Waals surface area contributed by atoms with Crippen molar-refractivity contribution in [3.8, 4) is 0 Å². The molecule has 0 N–H and O–H groups in total. The number of rotatable bonds is 2. The molecule has 3 heteroatoms. The van der Waals surface area contributed by atoms with E-state index in [1.807, 2.05) is 0 Å². The topological polar surface area (TPSA) is 43.1 Å². The Balaban J connectivity index is 2.80. The largest absolute Gasteiger partial charge is 0.361 e. The molecule has 0 aliphatic heterocycles. The molecule has 1 heterocycles. The van der Waals surface area contributed by atoms with Crippen molar-refractivity contribution in [2.24, 2.45) is 0 Å². The van der Waals surface area contributed by atoms with Gasteiger partial charge in [-0.25, -0.2) is 0 Å². The third-order valence-corrected chi connectivity index (χ3v) is 1.11. The highest BCUT2D eigenvalue weighted by Gasteiger charge is 1.99. The average molecular weight is 124 g/mol. The van der Waals surface area contributed by atoms with Crippen LogP contribution in [0.25, 0.3) is 0 Å². The molecule has 0 fully saturated rings. The van der Waals surface area contributed by atoms with Crippen molar-refractivity contribution < 1.29 is 9.32 Å². The van der Waals surface area contributed by atoms with Gasteiger partial charge < -0.3 is 4.52 Å². The van der Waals surface area contributed by atoms with Gasteiger partial charge in [0.2, 0.25) is 6.29 Å². The van der Waals surface area contributed by atoms with Crippen LogP contribution in [0.5, 0.6) is 0 Å². The van der Waals surface area contributed by atoms with Gasteiger partial charge in [-0.15, -0.1) is 0 Å². The molecule has 9 heavy (non-hydrogen) atoms. The summed E-state index contributed by atoms with van der Waals surface area (Å²) in [5.74, 6) is 0.693. The molecule has 0 bridgehead atoms. The zero-order chi connectivity index (χ0) is 6.69. The van der Waals surface area contributed by atoms with E-state index in [0.29, 0.717) is 5.76 Å². The second-order valence-electron chi connectivity index (χ2n) is 1.73. The van der Waals surface area contributed by atoms with Crippen LogP contribution in [0.2, 0.25) is 0 Å². The molecular formula is C6H6NO2. The zero-order valence-electron chi connectivity index (χ0n) is 5.05. The number of aryl methyl sites for hydroxylation is 1. The quantitative estimate of drug-likeness (QED) is 0.580. The van der Waals surface area contributed by atoms with E-state index in [9.17, 15) is 4.79 Å². The lowest BCUT2D eigenvalue weighted by Crippen LogP contribution is -1.83. The second-order valence-corrected chi connectivity index (χ2v) is 1.73. The van der Waals surface area contributed by atoms with E-state index < -0.39 is 0 Å². The highest BCUT2D eigenvalue weighted by molar-refractivity contribution is 5.55. The molecule has 1 radical (unpaired) electrons. The van der Waals surface area contributed by atoms with Crippen LogP contribution in [0.15, 0.2) is 10.7 Å². The molecule has 3 nitrogen and oxygen atoms in total. The summed E-state index contributed by atoms with van der Waals surface area (Å²) in [6, 6.07) is 0. The van der Waals surface area contributed by atoms with Gasteiger partial charge in [-0.3, -0.25) is 4.79 Å². The summed E-state index contributed by atoms with van der Waals surface area (Å²) in [6.07, 6.45) is 3.56. The van der Waals surface area contributed by atoms with Crippen LogP contribution >= 0.6 is 0 Å². The van der Waals surface area contributed by atoms with Crippen LogP contribution in [0, 0.1) is 6.92 Å². The highest BCUT2D eigenvalue weighted by Crippen LogP contribution is 2.04. The molecule has 0 aliphatic rings. The van der Waals surface area contributed by atoms with Crippen molar-refractivity contribution in [2.45, 2.75) is 13.3 Å². The van der Waals surface area contributed by atoms with Gasteiger partial charge in [-0.1, -0.05) is 5.16 Å². The van der Waals surface area contributed by atoms with E-state index in [0.717, 1.165) is 5.56 Å². The van der Waals surface area contributed by atoms with Crippen molar-refractivity contribution in [1.29, 1.82) is 0 Å². The van der Waals surface area contributed by atoms with Crippen LogP contribution in [-0.4, -0.2) is 11.4 Å². The van der Waals surface area contributed by atoms with Crippen molar-refractivity contribution in [3.05, 3.63) is 17.5 Å². The Bertz CT molecular complexity index is 205. The lowest BCUT2D eigenvalue weighted by Gasteiger charge is -1.82. The first-order chi connectivity index (χ1) is 4.34. The van der Waals surface area contributed by atoms with Gasteiger partial charge >= 0.3 is 0 Å². The van der Waals surface area contributed by atoms with Crippen molar-refractivity contribution in [1.82, 2.24) is 5.16 Å². The van der Waals surface area contributed by atoms with Crippen molar-refractivity contribution >= 4 is 6.29 Å². The standard InChI is InChI=1S/C6H6NO2/c1-5-6(2-3-8)4-7-9-5/h4H,2H2,1H3. The normalized spacial score (nSPS) is 9.44. The molecule has 0 aromatic carbocycles. The molecular weight excluding hydrogens is 118 g/mol. The van der Waals surface area contributed by atoms with Crippen molar-refractivity contribution in [2.75, 3.05) is 0 Å². The summed E-state index contributed by atoms with van der Waals surface area (Å²) in [7, 11) is 0. The van der Waals surface area contributed by atoms with Crippen LogP contribution in [0.3, 0.4) is 0 Å². The Labute approximate surface area is 52.7 Å². The summed E-state index contributed by atoms with van der Waals surface area (Å²) in [6.45, 7) is 1.76. The number of hydrogen-bond donors (Lipinski definition) is 0. The fourth-order valence-electron chi connectivity index (χ4n) is 0.566. The highest BCUT2D eigenvalue weighted by atomic mass is 16.5. The molecule has 0 spiro atoms. The van der Waals surface area contributed by atoms with E-state index in [1.54, 1.807) is 13.2 Å². The van der Waals surface area contributed by atoms with Crippen LogP contribution < -0.4 is 0 Å². The molecule has 47 valence electrons. The third kappa shape index (κ3) is 1.16. The van der Waals surface area contributed by atoms with Gasteiger partial charge in [0, 0.05) is 12.0 Å². The number of nitrogens with zero attached hydrogens (tertiary/aromatic N) is 1. The first kappa shape index (κ1) is 6.01. The Hall–Kier alpha value is -1.12. The van der Waals surface area contributed by atoms with Gasteiger partial charge in [0.25, 0.3) is 0 Å². The van der Waals surface area contributed by atoms with Gasteiger partial charge in [-0.2, -0.15) is 0 Å². The first-order valence-electron chi connectivity index (χ1n) is 2.59. The average Bonchev–Trinajstić information content (AvgIpc) is 2.18. The molecule has 1 rings (SSSR count). The minimum Gasteiger partial charge on any atom is -0.361 e. The Morgan fingerprint density at radius 3 is 3.11 bits per heavy atom. The molecule has 0 amide bonds. The van der Waals surface area contributed by atoms with E-state index in [2.05, 4.69) is 9.68 Å². The molecule has 0 saturated heterocycles. The minimum absolute atomic E-state index is 0.273. The Kier molecular flexibility index (Phi) is 1.63. The predicted octanol–water partition coefficient (Wildman–Crippen LogP) is 0.635. The maximum atomic E-state index is 9.83. The maximum absolute atomic E-state index is 9.83. The third-order valence-electron chi connectivity index (χ3n) is 1.11. The zero-order valence-corrected chi connectivity index (χ0v) is 5.05. The minimum atomic E-state index is 0.273. The number of hydrogen-bond acceptors (Lipinski definition) is 3. The van der Waals surface area contributed by atoms with Gasteiger partial charge in [0.15, 0.2) is 0 Å². The van der Waals surface area contributed by atoms with Gasteiger partial charge in [0.05, 0.1) is 6.20 Å². The fourth-order valence-corrected chi connectivity index (χ4v) is 0.566. The number of carbonyl (C=O) groups excluding carboxylic acids is 1. The molecule has 0 aliphatic carbocycles. The predicted molar refractivity (Wildman–Crippen MR) is 30.6 cm³/mol. The summed E-state index contributed by atoms with van der Waals surface area (Å²) in [5.41, 5.74) is 0.810. The smallest absolute Gasteiger partial charge is 0.203 e. The van der Waals surface area contributed by atoms with Crippen LogP contribution in [0.4, 0.5) is 0 Å². The summed E-state index contributed by atoms with van der Waals surface area (Å²) >= 11 is 0. The first-order valence-corrected chi connectivity index (χ1v) is 2.59. The molecule has 1 aromatic heterocycles. The Morgan fingerprint density at radius 1 is 1.89 bits per heavy atom. The summed E-state index contributed by atoms with van der Waals surface area (Å²) in [5, 5.41) is 3.49. The summed E-state index contributed by atoms with van der Waals surface area (Å²) < 4.78 is 4.69. The van der Waals surface area contributed by atoms with Crippen LogP contribution in [-0.2, 0) is 11.2 Å². The van der Waals surface area contributed by atoms with Gasteiger partial charge in [0.1, 0.15) is 5.76 Å². The molecule has 0 unspecified atom stereocenters. The lowest BCUT2D eigenvalue weighted by molar-refractivity contribution is 0.396. The second kappa shape index (κ2) is 2.44. The molecule has 0 atom stereocenters. The fraction of sp³-hybridized carbons (Fsp3) is 0.333.